The molecular formula is C20H31ClIN5O2. The summed E-state index contributed by atoms with van der Waals surface area (Å²) in [6, 6.07) is 7.35. The molecule has 2 rings (SSSR count). The third kappa shape index (κ3) is 8.88. The second kappa shape index (κ2) is 13.8. The fourth-order valence-corrected chi connectivity index (χ4v) is 2.86. The van der Waals surface area contributed by atoms with Crippen LogP contribution in [0.25, 0.3) is 11.4 Å². The smallest absolute Gasteiger partial charge is 0.228 e. The van der Waals surface area contributed by atoms with E-state index in [4.69, 9.17) is 20.9 Å². The number of nitrogens with one attached hydrogen (secondary N) is 2. The molecule has 2 N–H and O–H groups in total. The zero-order valence-electron chi connectivity index (χ0n) is 17.4. The molecule has 0 amide bonds. The van der Waals surface area contributed by atoms with Crippen molar-refractivity contribution in [2.24, 2.45) is 10.9 Å². The molecule has 29 heavy (non-hydrogen) atoms. The largest absolute Gasteiger partial charge is 0.378 e. The minimum absolute atomic E-state index is 0. The molecule has 0 radical (unpaired) electrons. The van der Waals surface area contributed by atoms with Crippen LogP contribution in [0.4, 0.5) is 0 Å². The van der Waals surface area contributed by atoms with Gasteiger partial charge in [-0.05, 0) is 43.5 Å². The molecule has 0 saturated carbocycles. The van der Waals surface area contributed by atoms with Crippen LogP contribution >= 0.6 is 35.6 Å². The first-order valence-electron chi connectivity index (χ1n) is 9.68. The van der Waals surface area contributed by atoms with E-state index in [1.807, 2.05) is 19.1 Å². The van der Waals surface area contributed by atoms with Gasteiger partial charge in [0.1, 0.15) is 0 Å². The molecule has 0 aliphatic carbocycles. The first-order valence-corrected chi connectivity index (χ1v) is 10.1. The van der Waals surface area contributed by atoms with Crippen molar-refractivity contribution in [2.75, 3.05) is 26.7 Å². The van der Waals surface area contributed by atoms with Crippen molar-refractivity contribution in [1.29, 1.82) is 0 Å². The lowest BCUT2D eigenvalue weighted by Gasteiger charge is -2.21. The Labute approximate surface area is 195 Å². The van der Waals surface area contributed by atoms with Gasteiger partial charge in [0, 0.05) is 43.8 Å². The minimum Gasteiger partial charge on any atom is -0.378 e. The van der Waals surface area contributed by atoms with Crippen molar-refractivity contribution in [1.82, 2.24) is 20.8 Å². The van der Waals surface area contributed by atoms with Gasteiger partial charge in [-0.2, -0.15) is 4.98 Å². The number of ether oxygens (including phenoxy) is 1. The molecule has 2 aromatic rings. The number of hydrogen-bond donors (Lipinski definition) is 2. The van der Waals surface area contributed by atoms with Gasteiger partial charge in [0.05, 0.1) is 6.10 Å². The number of aliphatic imine (C=N–C) groups is 1. The molecule has 7 nitrogen and oxygen atoms in total. The van der Waals surface area contributed by atoms with Crippen LogP contribution in [0, 0.1) is 5.92 Å². The van der Waals surface area contributed by atoms with E-state index in [9.17, 15) is 0 Å². The van der Waals surface area contributed by atoms with Crippen LogP contribution in [-0.4, -0.2) is 48.9 Å². The standard InChI is InChI=1S/C20H30ClN5O2.HI/c1-5-27-17(14(2)3)10-12-23-20(22-4)24-13-11-18-25-19(26-28-18)15-6-8-16(21)9-7-15;/h6-9,14,17H,5,10-13H2,1-4H3,(H2,22,23,24);1H. The second-order valence-corrected chi connectivity index (χ2v) is 7.16. The zero-order valence-corrected chi connectivity index (χ0v) is 20.5. The number of hydrogen-bond acceptors (Lipinski definition) is 5. The Morgan fingerprint density at radius 1 is 1.21 bits per heavy atom. The highest BCUT2D eigenvalue weighted by Crippen LogP contribution is 2.18. The third-order valence-corrected chi connectivity index (χ3v) is 4.52. The quantitative estimate of drug-likeness (QED) is 0.270. The molecule has 0 fully saturated rings. The van der Waals surface area contributed by atoms with Gasteiger partial charge in [0.25, 0.3) is 0 Å². The average molecular weight is 536 g/mol. The van der Waals surface area contributed by atoms with Gasteiger partial charge in [0.15, 0.2) is 5.96 Å². The molecule has 1 unspecified atom stereocenters. The van der Waals surface area contributed by atoms with Crippen molar-refractivity contribution >= 4 is 41.5 Å². The summed E-state index contributed by atoms with van der Waals surface area (Å²) < 4.78 is 11.1. The normalized spacial score (nSPS) is 12.6. The van der Waals surface area contributed by atoms with Crippen molar-refractivity contribution in [3.05, 3.63) is 35.2 Å². The summed E-state index contributed by atoms with van der Waals surface area (Å²) in [6.45, 7) is 8.55. The van der Waals surface area contributed by atoms with Gasteiger partial charge >= 0.3 is 0 Å². The molecule has 162 valence electrons. The van der Waals surface area contributed by atoms with Crippen LogP contribution in [0.1, 0.15) is 33.1 Å². The zero-order chi connectivity index (χ0) is 20.4. The summed E-state index contributed by atoms with van der Waals surface area (Å²) in [4.78, 5) is 8.66. The van der Waals surface area contributed by atoms with Crippen molar-refractivity contribution in [2.45, 2.75) is 39.7 Å². The van der Waals surface area contributed by atoms with Gasteiger partial charge in [0.2, 0.25) is 11.7 Å². The number of halogens is 2. The lowest BCUT2D eigenvalue weighted by Crippen LogP contribution is -2.40. The van der Waals surface area contributed by atoms with E-state index in [0.717, 1.165) is 31.1 Å². The molecule has 0 aliphatic heterocycles. The molecule has 1 atom stereocenters. The van der Waals surface area contributed by atoms with E-state index in [1.54, 1.807) is 19.2 Å². The summed E-state index contributed by atoms with van der Waals surface area (Å²) in [6.07, 6.45) is 1.79. The highest BCUT2D eigenvalue weighted by atomic mass is 127. The van der Waals surface area contributed by atoms with Crippen LogP contribution in [0.3, 0.4) is 0 Å². The lowest BCUT2D eigenvalue weighted by molar-refractivity contribution is 0.0258. The summed E-state index contributed by atoms with van der Waals surface area (Å²) in [7, 11) is 1.75. The summed E-state index contributed by atoms with van der Waals surface area (Å²) in [5, 5.41) is 11.3. The van der Waals surface area contributed by atoms with Gasteiger partial charge in [-0.3, -0.25) is 4.99 Å². The van der Waals surface area contributed by atoms with E-state index in [0.29, 0.717) is 35.6 Å². The van der Waals surface area contributed by atoms with E-state index in [2.05, 4.69) is 39.6 Å². The average Bonchev–Trinajstić information content (AvgIpc) is 3.15. The van der Waals surface area contributed by atoms with Crippen LogP contribution < -0.4 is 10.6 Å². The molecule has 0 bridgehead atoms. The maximum atomic E-state index is 5.90. The Bertz CT molecular complexity index is 737. The Morgan fingerprint density at radius 2 is 1.90 bits per heavy atom. The number of aromatic nitrogens is 2. The lowest BCUT2D eigenvalue weighted by atomic mass is 10.0. The topological polar surface area (TPSA) is 84.6 Å². The Morgan fingerprint density at radius 3 is 2.52 bits per heavy atom. The molecule has 1 aromatic heterocycles. The second-order valence-electron chi connectivity index (χ2n) is 6.72. The van der Waals surface area contributed by atoms with Crippen molar-refractivity contribution in [3.63, 3.8) is 0 Å². The van der Waals surface area contributed by atoms with E-state index in [1.165, 1.54) is 0 Å². The van der Waals surface area contributed by atoms with Gasteiger partial charge in [-0.15, -0.1) is 24.0 Å². The Kier molecular flexibility index (Phi) is 12.2. The van der Waals surface area contributed by atoms with E-state index < -0.39 is 0 Å². The highest BCUT2D eigenvalue weighted by Gasteiger charge is 2.13. The summed E-state index contributed by atoms with van der Waals surface area (Å²) in [5.41, 5.74) is 0.874. The van der Waals surface area contributed by atoms with E-state index in [-0.39, 0.29) is 30.1 Å². The molecule has 0 saturated heterocycles. The summed E-state index contributed by atoms with van der Waals surface area (Å²) in [5.74, 6) is 2.37. The predicted molar refractivity (Wildman–Crippen MR) is 128 cm³/mol. The number of rotatable bonds is 10. The third-order valence-electron chi connectivity index (χ3n) is 4.27. The molecule has 9 heteroatoms. The van der Waals surface area contributed by atoms with E-state index >= 15 is 0 Å². The summed E-state index contributed by atoms with van der Waals surface area (Å²) >= 11 is 5.90. The SMILES string of the molecule is CCOC(CCNC(=NC)NCCc1nc(-c2ccc(Cl)cc2)no1)C(C)C.I. The molecular weight excluding hydrogens is 505 g/mol. The van der Waals surface area contributed by atoms with Gasteiger partial charge in [-0.25, -0.2) is 0 Å². The first kappa shape index (κ1) is 25.6. The van der Waals surface area contributed by atoms with Crippen LogP contribution in [0.5, 0.6) is 0 Å². The van der Waals surface area contributed by atoms with Crippen molar-refractivity contribution in [3.8, 4) is 11.4 Å². The van der Waals surface area contributed by atoms with Crippen LogP contribution in [-0.2, 0) is 11.2 Å². The van der Waals surface area contributed by atoms with Crippen LogP contribution in [0.2, 0.25) is 5.02 Å². The number of benzene rings is 1. The maximum absolute atomic E-state index is 5.90. The molecule has 1 aromatic carbocycles. The molecule has 0 aliphatic rings. The fourth-order valence-electron chi connectivity index (χ4n) is 2.74. The molecule has 0 spiro atoms. The number of nitrogens with zero attached hydrogens (tertiary/aromatic N) is 3. The fraction of sp³-hybridized carbons (Fsp3) is 0.550. The van der Waals surface area contributed by atoms with Crippen LogP contribution in [0.15, 0.2) is 33.8 Å². The van der Waals surface area contributed by atoms with Gasteiger partial charge in [-0.1, -0.05) is 30.6 Å². The Hall–Kier alpha value is -1.39. The monoisotopic (exact) mass is 535 g/mol. The Balaban J connectivity index is 0.00000420. The first-order chi connectivity index (χ1) is 13.5. The highest BCUT2D eigenvalue weighted by molar-refractivity contribution is 14.0. The van der Waals surface area contributed by atoms with Crippen molar-refractivity contribution < 1.29 is 9.26 Å². The molecule has 1 heterocycles. The predicted octanol–water partition coefficient (Wildman–Crippen LogP) is 4.17. The van der Waals surface area contributed by atoms with Gasteiger partial charge < -0.3 is 19.9 Å². The minimum atomic E-state index is 0. The maximum Gasteiger partial charge on any atom is 0.228 e. The number of guanidine groups is 1.